The zero-order valence-electron chi connectivity index (χ0n) is 24.9. The van der Waals surface area contributed by atoms with Gasteiger partial charge in [0.2, 0.25) is 0 Å². The first-order valence-electron chi connectivity index (χ1n) is 15.2. The first-order valence-corrected chi connectivity index (χ1v) is 15.2. The van der Waals surface area contributed by atoms with Crippen LogP contribution < -0.4 is 0 Å². The standard InChI is InChI=1S/C43H31N/c1-28-18-20-30(21-19-28)33-22-23-40(35-13-4-3-12-34(33)35)43-38-16-7-5-14-36(38)42(37-15-6-8-17-39(37)43)32-11-9-10-31(26-32)41-27-44-25-24-29(41)2/h3-27H,1-2H3. The normalized spacial score (nSPS) is 11.4. The van der Waals surface area contributed by atoms with Crippen molar-refractivity contribution in [2.24, 2.45) is 0 Å². The molecule has 0 aliphatic rings. The Morgan fingerprint density at radius 1 is 0.386 bits per heavy atom. The Bertz CT molecular complexity index is 2290. The minimum atomic E-state index is 1.17. The summed E-state index contributed by atoms with van der Waals surface area (Å²) in [5.74, 6) is 0. The molecule has 44 heavy (non-hydrogen) atoms. The molecule has 1 aromatic heterocycles. The van der Waals surface area contributed by atoms with Crippen LogP contribution in [0, 0.1) is 13.8 Å². The van der Waals surface area contributed by atoms with Crippen LogP contribution in [0.5, 0.6) is 0 Å². The van der Waals surface area contributed by atoms with Crippen LogP contribution in [0.4, 0.5) is 0 Å². The third-order valence-corrected chi connectivity index (χ3v) is 8.99. The summed E-state index contributed by atoms with van der Waals surface area (Å²) in [6, 6.07) is 51.2. The Labute approximate surface area is 258 Å². The maximum absolute atomic E-state index is 4.42. The van der Waals surface area contributed by atoms with E-state index >= 15 is 0 Å². The molecular formula is C43H31N. The maximum atomic E-state index is 4.42. The number of benzene rings is 7. The van der Waals surface area contributed by atoms with E-state index in [2.05, 4.69) is 158 Å². The summed E-state index contributed by atoms with van der Waals surface area (Å²) in [7, 11) is 0. The first kappa shape index (κ1) is 26.1. The molecule has 1 heteroatoms. The van der Waals surface area contributed by atoms with Gasteiger partial charge in [-0.05, 0) is 103 Å². The smallest absolute Gasteiger partial charge is 0.0349 e. The van der Waals surface area contributed by atoms with Crippen molar-refractivity contribution in [2.75, 3.05) is 0 Å². The molecule has 1 nitrogen and oxygen atoms in total. The zero-order chi connectivity index (χ0) is 29.6. The van der Waals surface area contributed by atoms with Crippen LogP contribution in [0.15, 0.2) is 152 Å². The van der Waals surface area contributed by atoms with Crippen molar-refractivity contribution in [3.63, 3.8) is 0 Å². The second kappa shape index (κ2) is 10.6. The summed E-state index contributed by atoms with van der Waals surface area (Å²) >= 11 is 0. The molecule has 0 fully saturated rings. The van der Waals surface area contributed by atoms with Crippen molar-refractivity contribution < 1.29 is 0 Å². The molecule has 0 unspecified atom stereocenters. The largest absolute Gasteiger partial charge is 0.264 e. The van der Waals surface area contributed by atoms with Gasteiger partial charge in [-0.3, -0.25) is 4.98 Å². The van der Waals surface area contributed by atoms with Crippen LogP contribution in [-0.4, -0.2) is 4.98 Å². The second-order valence-electron chi connectivity index (χ2n) is 11.7. The minimum absolute atomic E-state index is 1.17. The minimum Gasteiger partial charge on any atom is -0.264 e. The molecule has 0 aliphatic heterocycles. The average Bonchev–Trinajstić information content (AvgIpc) is 3.07. The number of aryl methyl sites for hydroxylation is 2. The first-order chi connectivity index (χ1) is 21.7. The molecule has 208 valence electrons. The summed E-state index contributed by atoms with van der Waals surface area (Å²) in [6.07, 6.45) is 3.83. The highest BCUT2D eigenvalue weighted by atomic mass is 14.6. The van der Waals surface area contributed by atoms with E-state index in [4.69, 9.17) is 0 Å². The number of fused-ring (bicyclic) bond motifs is 3. The monoisotopic (exact) mass is 561 g/mol. The molecule has 0 bridgehead atoms. The number of nitrogens with zero attached hydrogens (tertiary/aromatic N) is 1. The molecule has 1 heterocycles. The lowest BCUT2D eigenvalue weighted by Crippen LogP contribution is -1.93. The van der Waals surface area contributed by atoms with Crippen molar-refractivity contribution in [1.82, 2.24) is 4.98 Å². The van der Waals surface area contributed by atoms with Crippen LogP contribution in [0.25, 0.3) is 76.8 Å². The summed E-state index contributed by atoms with van der Waals surface area (Å²) in [4.78, 5) is 4.42. The molecule has 0 radical (unpaired) electrons. The van der Waals surface area contributed by atoms with Gasteiger partial charge in [0.1, 0.15) is 0 Å². The van der Waals surface area contributed by atoms with Crippen LogP contribution in [0.2, 0.25) is 0 Å². The van der Waals surface area contributed by atoms with Gasteiger partial charge in [0.05, 0.1) is 0 Å². The third kappa shape index (κ3) is 4.29. The highest BCUT2D eigenvalue weighted by molar-refractivity contribution is 6.24. The van der Waals surface area contributed by atoms with Gasteiger partial charge >= 0.3 is 0 Å². The van der Waals surface area contributed by atoms with Gasteiger partial charge in [-0.15, -0.1) is 0 Å². The van der Waals surface area contributed by atoms with E-state index in [-0.39, 0.29) is 0 Å². The topological polar surface area (TPSA) is 12.9 Å². The highest BCUT2D eigenvalue weighted by Gasteiger charge is 2.19. The van der Waals surface area contributed by atoms with Gasteiger partial charge in [0, 0.05) is 18.0 Å². The predicted molar refractivity (Wildman–Crippen MR) is 188 cm³/mol. The molecular weight excluding hydrogens is 530 g/mol. The Balaban J connectivity index is 1.42. The van der Waals surface area contributed by atoms with E-state index in [1.54, 1.807) is 0 Å². The van der Waals surface area contributed by atoms with E-state index in [0.717, 1.165) is 0 Å². The van der Waals surface area contributed by atoms with Crippen molar-refractivity contribution in [3.8, 4) is 44.5 Å². The second-order valence-corrected chi connectivity index (χ2v) is 11.7. The van der Waals surface area contributed by atoms with E-state index in [0.29, 0.717) is 0 Å². The lowest BCUT2D eigenvalue weighted by molar-refractivity contribution is 1.29. The van der Waals surface area contributed by atoms with E-state index in [1.165, 1.54) is 88.0 Å². The van der Waals surface area contributed by atoms with Crippen molar-refractivity contribution in [3.05, 3.63) is 163 Å². The molecule has 8 aromatic rings. The van der Waals surface area contributed by atoms with Crippen molar-refractivity contribution in [2.45, 2.75) is 13.8 Å². The summed E-state index contributed by atoms with van der Waals surface area (Å²) in [5.41, 5.74) is 12.4. The molecule has 0 saturated carbocycles. The Kier molecular flexibility index (Phi) is 6.31. The lowest BCUT2D eigenvalue weighted by atomic mass is 9.83. The SMILES string of the molecule is Cc1ccc(-c2ccc(-c3c4ccccc4c(-c4cccc(-c5cnccc5C)c4)c4ccccc34)c3ccccc23)cc1. The summed E-state index contributed by atoms with van der Waals surface area (Å²) in [6.45, 7) is 4.29. The highest BCUT2D eigenvalue weighted by Crippen LogP contribution is 2.46. The molecule has 0 spiro atoms. The molecule has 8 rings (SSSR count). The van der Waals surface area contributed by atoms with E-state index in [1.807, 2.05) is 12.4 Å². The number of hydrogen-bond donors (Lipinski definition) is 0. The van der Waals surface area contributed by atoms with Gasteiger partial charge in [0.15, 0.2) is 0 Å². The fourth-order valence-corrected chi connectivity index (χ4v) is 6.84. The zero-order valence-corrected chi connectivity index (χ0v) is 24.9. The van der Waals surface area contributed by atoms with Crippen molar-refractivity contribution >= 4 is 32.3 Å². The van der Waals surface area contributed by atoms with Gasteiger partial charge < -0.3 is 0 Å². The molecule has 0 N–H and O–H groups in total. The van der Waals surface area contributed by atoms with Crippen molar-refractivity contribution in [1.29, 1.82) is 0 Å². The van der Waals surface area contributed by atoms with E-state index < -0.39 is 0 Å². The van der Waals surface area contributed by atoms with Gasteiger partial charge in [-0.25, -0.2) is 0 Å². The van der Waals surface area contributed by atoms with Crippen LogP contribution in [0.1, 0.15) is 11.1 Å². The average molecular weight is 562 g/mol. The third-order valence-electron chi connectivity index (χ3n) is 8.99. The Morgan fingerprint density at radius 3 is 1.57 bits per heavy atom. The number of pyridine rings is 1. The number of aromatic nitrogens is 1. The molecule has 0 aliphatic carbocycles. The number of rotatable bonds is 4. The Hall–Kier alpha value is -5.53. The van der Waals surface area contributed by atoms with Gasteiger partial charge in [-0.1, -0.05) is 133 Å². The van der Waals surface area contributed by atoms with Crippen LogP contribution in [0.3, 0.4) is 0 Å². The lowest BCUT2D eigenvalue weighted by Gasteiger charge is -2.20. The van der Waals surface area contributed by atoms with Gasteiger partial charge in [0.25, 0.3) is 0 Å². The summed E-state index contributed by atoms with van der Waals surface area (Å²) in [5, 5.41) is 7.57. The molecule has 0 atom stereocenters. The Morgan fingerprint density at radius 2 is 0.932 bits per heavy atom. The summed E-state index contributed by atoms with van der Waals surface area (Å²) < 4.78 is 0. The molecule has 0 saturated heterocycles. The quantitative estimate of drug-likeness (QED) is 0.195. The van der Waals surface area contributed by atoms with Crippen LogP contribution in [-0.2, 0) is 0 Å². The van der Waals surface area contributed by atoms with Gasteiger partial charge in [-0.2, -0.15) is 0 Å². The van der Waals surface area contributed by atoms with E-state index in [9.17, 15) is 0 Å². The number of hydrogen-bond acceptors (Lipinski definition) is 1. The predicted octanol–water partition coefficient (Wildman–Crippen LogP) is 11.8. The fourth-order valence-electron chi connectivity index (χ4n) is 6.84. The van der Waals surface area contributed by atoms with Crippen LogP contribution >= 0.6 is 0 Å². The molecule has 0 amide bonds. The maximum Gasteiger partial charge on any atom is 0.0349 e. The fraction of sp³-hybridized carbons (Fsp3) is 0.0465. The molecule has 7 aromatic carbocycles.